The van der Waals surface area contributed by atoms with Gasteiger partial charge in [-0.05, 0) is 29.9 Å². The fraction of sp³-hybridized carbons (Fsp3) is 0.667. The number of nitrogens with two attached hydrogens (primary N) is 1. The van der Waals surface area contributed by atoms with E-state index in [1.54, 1.807) is 0 Å². The average Bonchev–Trinajstić information content (AvgIpc) is 2.79. The first kappa shape index (κ1) is 10.4. The molecule has 0 amide bonds. The van der Waals surface area contributed by atoms with Gasteiger partial charge < -0.3 is 10.6 Å². The van der Waals surface area contributed by atoms with E-state index < -0.39 is 0 Å². The van der Waals surface area contributed by atoms with Crippen molar-refractivity contribution < 1.29 is 0 Å². The zero-order valence-electron chi connectivity index (χ0n) is 8.81. The van der Waals surface area contributed by atoms with Gasteiger partial charge in [-0.2, -0.15) is 15.0 Å². The number of hydrogen-bond donors (Lipinski definition) is 1. The minimum absolute atomic E-state index is 0.146. The Labute approximate surface area is 93.7 Å². The highest BCUT2D eigenvalue weighted by atomic mass is 35.5. The Hall–Kier alpha value is -1.10. The number of hydrogen-bond acceptors (Lipinski definition) is 5. The SMILES string of the molecule is CC1CC1CN(C)c1nc(N)nc(Cl)n1. The van der Waals surface area contributed by atoms with E-state index in [0.29, 0.717) is 5.95 Å². The summed E-state index contributed by atoms with van der Waals surface area (Å²) in [4.78, 5) is 13.8. The quantitative estimate of drug-likeness (QED) is 0.841. The topological polar surface area (TPSA) is 67.9 Å². The van der Waals surface area contributed by atoms with Gasteiger partial charge in [-0.3, -0.25) is 0 Å². The zero-order valence-corrected chi connectivity index (χ0v) is 9.57. The van der Waals surface area contributed by atoms with Gasteiger partial charge >= 0.3 is 0 Å². The Balaban J connectivity index is 2.07. The summed E-state index contributed by atoms with van der Waals surface area (Å²) < 4.78 is 0. The van der Waals surface area contributed by atoms with E-state index in [9.17, 15) is 0 Å². The maximum atomic E-state index is 5.71. The first-order valence-electron chi connectivity index (χ1n) is 4.94. The van der Waals surface area contributed by atoms with Crippen molar-refractivity contribution in [2.24, 2.45) is 11.8 Å². The number of nitrogens with zero attached hydrogens (tertiary/aromatic N) is 4. The molecule has 0 saturated heterocycles. The number of aromatic nitrogens is 3. The second-order valence-electron chi connectivity index (χ2n) is 4.12. The fourth-order valence-electron chi connectivity index (χ4n) is 1.61. The maximum Gasteiger partial charge on any atom is 0.231 e. The third-order valence-corrected chi connectivity index (χ3v) is 2.91. The third kappa shape index (κ3) is 2.47. The molecule has 6 heteroatoms. The van der Waals surface area contributed by atoms with Crippen LogP contribution in [0.15, 0.2) is 0 Å². The first-order chi connectivity index (χ1) is 7.06. The molecule has 0 aliphatic heterocycles. The molecule has 5 nitrogen and oxygen atoms in total. The molecule has 0 bridgehead atoms. The summed E-state index contributed by atoms with van der Waals surface area (Å²) in [6, 6.07) is 0. The number of rotatable bonds is 3. The van der Waals surface area contributed by atoms with Crippen molar-refractivity contribution in [1.82, 2.24) is 15.0 Å². The molecule has 2 unspecified atom stereocenters. The molecule has 82 valence electrons. The molecule has 0 spiro atoms. The summed E-state index contributed by atoms with van der Waals surface area (Å²) in [5.41, 5.74) is 5.50. The van der Waals surface area contributed by atoms with Crippen LogP contribution < -0.4 is 10.6 Å². The second kappa shape index (κ2) is 3.81. The lowest BCUT2D eigenvalue weighted by Gasteiger charge is -2.16. The van der Waals surface area contributed by atoms with Crippen LogP contribution in [0.5, 0.6) is 0 Å². The van der Waals surface area contributed by atoms with Crippen molar-refractivity contribution in [1.29, 1.82) is 0 Å². The summed E-state index contributed by atoms with van der Waals surface area (Å²) in [5, 5.41) is 0.146. The van der Waals surface area contributed by atoms with Crippen LogP contribution in [0.25, 0.3) is 0 Å². The molecule has 2 rings (SSSR count). The molecule has 1 aliphatic rings. The molecule has 1 saturated carbocycles. The molecule has 0 radical (unpaired) electrons. The molecule has 1 aliphatic carbocycles. The van der Waals surface area contributed by atoms with Crippen molar-refractivity contribution in [3.63, 3.8) is 0 Å². The molecule has 1 fully saturated rings. The van der Waals surface area contributed by atoms with Crippen LogP contribution in [0.4, 0.5) is 11.9 Å². The van der Waals surface area contributed by atoms with Crippen LogP contribution >= 0.6 is 11.6 Å². The van der Waals surface area contributed by atoms with E-state index in [2.05, 4.69) is 21.9 Å². The standard InChI is InChI=1S/C9H14ClN5/c1-5-3-6(5)4-15(2)9-13-7(10)12-8(11)14-9/h5-6H,3-4H2,1-2H3,(H2,11,12,13,14). The van der Waals surface area contributed by atoms with Gasteiger partial charge in [-0.15, -0.1) is 0 Å². The Morgan fingerprint density at radius 1 is 1.47 bits per heavy atom. The van der Waals surface area contributed by atoms with Crippen LogP contribution in [-0.2, 0) is 0 Å². The second-order valence-corrected chi connectivity index (χ2v) is 4.45. The van der Waals surface area contributed by atoms with Crippen LogP contribution in [0.2, 0.25) is 5.28 Å². The Morgan fingerprint density at radius 2 is 2.13 bits per heavy atom. The molecule has 15 heavy (non-hydrogen) atoms. The lowest BCUT2D eigenvalue weighted by atomic mass is 10.3. The van der Waals surface area contributed by atoms with Crippen LogP contribution in [0.3, 0.4) is 0 Å². The molecular formula is C9H14ClN5. The zero-order chi connectivity index (χ0) is 11.0. The van der Waals surface area contributed by atoms with Crippen molar-refractivity contribution in [2.75, 3.05) is 24.2 Å². The average molecular weight is 228 g/mol. The van der Waals surface area contributed by atoms with Crippen molar-refractivity contribution in [2.45, 2.75) is 13.3 Å². The van der Waals surface area contributed by atoms with Crippen molar-refractivity contribution in [3.05, 3.63) is 5.28 Å². The van der Waals surface area contributed by atoms with Gasteiger partial charge in [0, 0.05) is 13.6 Å². The molecule has 2 atom stereocenters. The van der Waals surface area contributed by atoms with Gasteiger partial charge in [0.25, 0.3) is 0 Å². The molecule has 0 aromatic carbocycles. The van der Waals surface area contributed by atoms with Gasteiger partial charge in [-0.25, -0.2) is 0 Å². The van der Waals surface area contributed by atoms with Crippen LogP contribution in [-0.4, -0.2) is 28.5 Å². The minimum Gasteiger partial charge on any atom is -0.368 e. The van der Waals surface area contributed by atoms with E-state index >= 15 is 0 Å². The molecule has 2 N–H and O–H groups in total. The highest BCUT2D eigenvalue weighted by Crippen LogP contribution is 2.38. The van der Waals surface area contributed by atoms with E-state index in [1.165, 1.54) is 6.42 Å². The van der Waals surface area contributed by atoms with E-state index in [0.717, 1.165) is 18.4 Å². The summed E-state index contributed by atoms with van der Waals surface area (Å²) in [6.07, 6.45) is 1.28. The predicted molar refractivity (Wildman–Crippen MR) is 59.8 cm³/mol. The third-order valence-electron chi connectivity index (χ3n) is 2.74. The largest absolute Gasteiger partial charge is 0.368 e. The van der Waals surface area contributed by atoms with Gasteiger partial charge in [-0.1, -0.05) is 6.92 Å². The Morgan fingerprint density at radius 3 is 2.67 bits per heavy atom. The lowest BCUT2D eigenvalue weighted by molar-refractivity contribution is 0.710. The number of halogens is 1. The number of anilines is 2. The van der Waals surface area contributed by atoms with Crippen molar-refractivity contribution in [3.8, 4) is 0 Å². The van der Waals surface area contributed by atoms with Gasteiger partial charge in [0.05, 0.1) is 0 Å². The Kier molecular flexibility index (Phi) is 2.65. The predicted octanol–water partition coefficient (Wildman–Crippen LogP) is 1.20. The first-order valence-corrected chi connectivity index (χ1v) is 5.32. The minimum atomic E-state index is 0.146. The molecule has 1 heterocycles. The van der Waals surface area contributed by atoms with Gasteiger partial charge in [0.2, 0.25) is 17.2 Å². The van der Waals surface area contributed by atoms with Crippen LogP contribution in [0, 0.1) is 11.8 Å². The Bertz CT molecular complexity index is 349. The summed E-state index contributed by atoms with van der Waals surface area (Å²) >= 11 is 5.71. The van der Waals surface area contributed by atoms with E-state index in [4.69, 9.17) is 17.3 Å². The van der Waals surface area contributed by atoms with E-state index in [-0.39, 0.29) is 11.2 Å². The smallest absolute Gasteiger partial charge is 0.231 e. The summed E-state index contributed by atoms with van der Waals surface area (Å²) in [6.45, 7) is 3.19. The highest BCUT2D eigenvalue weighted by molar-refractivity contribution is 6.28. The molecular weight excluding hydrogens is 214 g/mol. The number of nitrogen functional groups attached to an aromatic ring is 1. The van der Waals surface area contributed by atoms with E-state index in [1.807, 2.05) is 11.9 Å². The molecule has 1 aromatic rings. The summed E-state index contributed by atoms with van der Waals surface area (Å²) in [7, 11) is 1.94. The molecule has 1 aromatic heterocycles. The lowest BCUT2D eigenvalue weighted by Crippen LogP contribution is -2.23. The summed E-state index contributed by atoms with van der Waals surface area (Å²) in [5.74, 6) is 2.26. The monoisotopic (exact) mass is 227 g/mol. The van der Waals surface area contributed by atoms with Gasteiger partial charge in [0.15, 0.2) is 0 Å². The van der Waals surface area contributed by atoms with Gasteiger partial charge in [0.1, 0.15) is 0 Å². The maximum absolute atomic E-state index is 5.71. The van der Waals surface area contributed by atoms with Crippen molar-refractivity contribution >= 4 is 23.5 Å². The highest BCUT2D eigenvalue weighted by Gasteiger charge is 2.33. The normalized spacial score (nSPS) is 23.9. The fourth-order valence-corrected chi connectivity index (χ4v) is 1.77. The van der Waals surface area contributed by atoms with Crippen LogP contribution in [0.1, 0.15) is 13.3 Å².